The zero-order valence-electron chi connectivity index (χ0n) is 18.8. The molecule has 7 nitrogen and oxygen atoms in total. The van der Waals surface area contributed by atoms with Crippen molar-refractivity contribution in [3.05, 3.63) is 60.4 Å². The van der Waals surface area contributed by atoms with Gasteiger partial charge in [0.25, 0.3) is 0 Å². The zero-order chi connectivity index (χ0) is 23.1. The number of aromatic nitrogens is 4. The number of hydrogen-bond acceptors (Lipinski definition) is 6. The molecule has 0 bridgehead atoms. The number of carbonyl (C=O) groups is 1. The topological polar surface area (TPSA) is 89.9 Å². The van der Waals surface area contributed by atoms with Gasteiger partial charge in [-0.15, -0.1) is 11.3 Å². The third-order valence-corrected chi connectivity index (χ3v) is 7.52. The summed E-state index contributed by atoms with van der Waals surface area (Å²) in [5.41, 5.74) is 11.5. The molecule has 3 aromatic heterocycles. The van der Waals surface area contributed by atoms with Gasteiger partial charge < -0.3 is 10.6 Å². The summed E-state index contributed by atoms with van der Waals surface area (Å²) in [6.45, 7) is 9.18. The summed E-state index contributed by atoms with van der Waals surface area (Å²) in [5, 5.41) is 5.75. The summed E-state index contributed by atoms with van der Waals surface area (Å²) in [6, 6.07) is 10.8. The molecular formula is C25H26N6OS. The number of thiophene rings is 1. The molecule has 168 valence electrons. The molecule has 1 aromatic carbocycles. The van der Waals surface area contributed by atoms with E-state index in [1.807, 2.05) is 9.58 Å². The summed E-state index contributed by atoms with van der Waals surface area (Å²) in [6.07, 6.45) is 4.66. The van der Waals surface area contributed by atoms with Gasteiger partial charge in [0.15, 0.2) is 5.65 Å². The molecule has 2 N–H and O–H groups in total. The highest BCUT2D eigenvalue weighted by atomic mass is 32.1. The lowest BCUT2D eigenvalue weighted by Crippen LogP contribution is -2.40. The first-order chi connectivity index (χ1) is 16.0. The first-order valence-corrected chi connectivity index (χ1v) is 11.9. The van der Waals surface area contributed by atoms with Gasteiger partial charge in [0.2, 0.25) is 5.91 Å². The summed E-state index contributed by atoms with van der Waals surface area (Å²) < 4.78 is 1.93. The van der Waals surface area contributed by atoms with Crippen molar-refractivity contribution in [2.75, 3.05) is 18.8 Å². The molecule has 1 saturated heterocycles. The Morgan fingerprint density at radius 3 is 2.79 bits per heavy atom. The fraction of sp³-hybridized carbons (Fsp3) is 0.280. The quantitative estimate of drug-likeness (QED) is 0.445. The number of aryl methyl sites for hydroxylation is 2. The van der Waals surface area contributed by atoms with Gasteiger partial charge in [-0.2, -0.15) is 5.10 Å². The Kier molecular flexibility index (Phi) is 5.46. The number of benzene rings is 1. The molecular weight excluding hydrogens is 432 g/mol. The Morgan fingerprint density at radius 2 is 2.00 bits per heavy atom. The first-order valence-electron chi connectivity index (χ1n) is 11.0. The summed E-state index contributed by atoms with van der Waals surface area (Å²) in [4.78, 5) is 25.0. The SMILES string of the molecule is C=CC(=O)N1CCCC(n2nc(-c3ccc(-c4ccc(C)c(C)c4)s3)c3c(N)ncnc32)C1. The lowest BCUT2D eigenvalue weighted by Gasteiger charge is -2.32. The van der Waals surface area contributed by atoms with Crippen LogP contribution in [0.15, 0.2) is 49.3 Å². The molecule has 0 aliphatic carbocycles. The summed E-state index contributed by atoms with van der Waals surface area (Å²) in [5.74, 6) is 0.360. The van der Waals surface area contributed by atoms with E-state index in [9.17, 15) is 4.79 Å². The van der Waals surface area contributed by atoms with Crippen LogP contribution in [0.1, 0.15) is 30.0 Å². The van der Waals surface area contributed by atoms with E-state index in [-0.39, 0.29) is 11.9 Å². The van der Waals surface area contributed by atoms with E-state index < -0.39 is 0 Å². The van der Waals surface area contributed by atoms with Crippen molar-refractivity contribution in [2.24, 2.45) is 0 Å². The van der Waals surface area contributed by atoms with Gasteiger partial charge in [0.05, 0.1) is 16.3 Å². The second-order valence-corrected chi connectivity index (χ2v) is 9.58. The third-order valence-electron chi connectivity index (χ3n) is 6.38. The van der Waals surface area contributed by atoms with E-state index in [1.54, 1.807) is 11.3 Å². The fourth-order valence-corrected chi connectivity index (χ4v) is 5.41. The van der Waals surface area contributed by atoms with E-state index >= 15 is 0 Å². The van der Waals surface area contributed by atoms with E-state index in [0.717, 1.165) is 35.3 Å². The van der Waals surface area contributed by atoms with Crippen LogP contribution in [0.4, 0.5) is 5.82 Å². The van der Waals surface area contributed by atoms with Gasteiger partial charge in [0, 0.05) is 18.0 Å². The van der Waals surface area contributed by atoms with Crippen molar-refractivity contribution < 1.29 is 4.79 Å². The Hall–Kier alpha value is -3.52. The number of nitrogen functional groups attached to an aromatic ring is 1. The number of nitrogens with zero attached hydrogens (tertiary/aromatic N) is 5. The normalized spacial score (nSPS) is 16.3. The highest BCUT2D eigenvalue weighted by Crippen LogP contribution is 2.39. The highest BCUT2D eigenvalue weighted by Gasteiger charge is 2.28. The van der Waals surface area contributed by atoms with Gasteiger partial charge in [-0.05, 0) is 61.6 Å². The van der Waals surface area contributed by atoms with Crippen LogP contribution in [0.25, 0.3) is 32.0 Å². The van der Waals surface area contributed by atoms with Crippen LogP contribution in [0.2, 0.25) is 0 Å². The second-order valence-electron chi connectivity index (χ2n) is 8.50. The molecule has 1 atom stereocenters. The molecule has 5 rings (SSSR count). The molecule has 1 amide bonds. The average molecular weight is 459 g/mol. The van der Waals surface area contributed by atoms with Crippen LogP contribution in [-0.2, 0) is 4.79 Å². The molecule has 1 aliphatic rings. The maximum Gasteiger partial charge on any atom is 0.246 e. The van der Waals surface area contributed by atoms with E-state index in [4.69, 9.17) is 10.8 Å². The van der Waals surface area contributed by atoms with Crippen molar-refractivity contribution in [2.45, 2.75) is 32.7 Å². The number of fused-ring (bicyclic) bond motifs is 1. The number of nitrogens with two attached hydrogens (primary N) is 1. The van der Waals surface area contributed by atoms with Crippen LogP contribution >= 0.6 is 11.3 Å². The Labute approximate surface area is 196 Å². The zero-order valence-corrected chi connectivity index (χ0v) is 19.6. The van der Waals surface area contributed by atoms with Crippen molar-refractivity contribution >= 4 is 34.1 Å². The third kappa shape index (κ3) is 3.80. The summed E-state index contributed by atoms with van der Waals surface area (Å²) >= 11 is 1.68. The Bertz CT molecular complexity index is 1370. The summed E-state index contributed by atoms with van der Waals surface area (Å²) in [7, 11) is 0. The minimum Gasteiger partial charge on any atom is -0.383 e. The van der Waals surface area contributed by atoms with Crippen molar-refractivity contribution in [3.8, 4) is 21.0 Å². The van der Waals surface area contributed by atoms with Crippen LogP contribution in [-0.4, -0.2) is 43.6 Å². The number of anilines is 1. The predicted molar refractivity (Wildman–Crippen MR) is 133 cm³/mol. The molecule has 4 aromatic rings. The van der Waals surface area contributed by atoms with Crippen molar-refractivity contribution in [3.63, 3.8) is 0 Å². The molecule has 8 heteroatoms. The minimum absolute atomic E-state index is 0.0207. The molecule has 33 heavy (non-hydrogen) atoms. The average Bonchev–Trinajstić information content (AvgIpc) is 3.46. The largest absolute Gasteiger partial charge is 0.383 e. The molecule has 0 radical (unpaired) electrons. The predicted octanol–water partition coefficient (Wildman–Crippen LogP) is 4.77. The second kappa shape index (κ2) is 8.44. The lowest BCUT2D eigenvalue weighted by molar-refractivity contribution is -0.127. The van der Waals surface area contributed by atoms with Gasteiger partial charge in [-0.1, -0.05) is 24.8 Å². The maximum atomic E-state index is 12.2. The van der Waals surface area contributed by atoms with Gasteiger partial charge in [-0.3, -0.25) is 4.79 Å². The number of hydrogen-bond donors (Lipinski definition) is 1. The Morgan fingerprint density at radius 1 is 1.18 bits per heavy atom. The van der Waals surface area contributed by atoms with Crippen LogP contribution < -0.4 is 5.73 Å². The number of piperidine rings is 1. The Balaban J connectivity index is 1.57. The van der Waals surface area contributed by atoms with E-state index in [2.05, 4.69) is 60.7 Å². The number of carbonyl (C=O) groups excluding carboxylic acids is 1. The van der Waals surface area contributed by atoms with Crippen LogP contribution in [0.5, 0.6) is 0 Å². The van der Waals surface area contributed by atoms with Gasteiger partial charge in [-0.25, -0.2) is 14.6 Å². The number of rotatable bonds is 4. The minimum atomic E-state index is -0.0539. The smallest absolute Gasteiger partial charge is 0.246 e. The highest BCUT2D eigenvalue weighted by molar-refractivity contribution is 7.18. The van der Waals surface area contributed by atoms with E-state index in [0.29, 0.717) is 18.0 Å². The van der Waals surface area contributed by atoms with Gasteiger partial charge in [0.1, 0.15) is 17.8 Å². The molecule has 1 fully saturated rings. The van der Waals surface area contributed by atoms with Crippen molar-refractivity contribution in [1.82, 2.24) is 24.6 Å². The fourth-order valence-electron chi connectivity index (χ4n) is 4.42. The van der Waals surface area contributed by atoms with Crippen LogP contribution in [0, 0.1) is 13.8 Å². The van der Waals surface area contributed by atoms with Crippen molar-refractivity contribution in [1.29, 1.82) is 0 Å². The monoisotopic (exact) mass is 458 g/mol. The molecule has 1 unspecified atom stereocenters. The molecule has 0 saturated carbocycles. The maximum absolute atomic E-state index is 12.2. The number of likely N-dealkylation sites (tertiary alicyclic amines) is 1. The standard InChI is InChI=1S/C25H26N6OS/c1-4-21(32)30-11-5-6-18(13-30)31-25-22(24(26)27-14-28-25)23(29-31)20-10-9-19(33-20)17-8-7-15(2)16(3)12-17/h4,7-10,12,14,18H,1,5-6,11,13H2,2-3H3,(H2,26,27,28). The lowest BCUT2D eigenvalue weighted by atomic mass is 10.1. The molecule has 4 heterocycles. The molecule has 0 spiro atoms. The van der Waals surface area contributed by atoms with Crippen LogP contribution in [0.3, 0.4) is 0 Å². The van der Waals surface area contributed by atoms with Gasteiger partial charge >= 0.3 is 0 Å². The van der Waals surface area contributed by atoms with E-state index in [1.165, 1.54) is 34.0 Å². The molecule has 1 aliphatic heterocycles. The first kappa shape index (κ1) is 21.3. The number of amides is 1.